The highest BCUT2D eigenvalue weighted by Crippen LogP contribution is 2.15. The van der Waals surface area contributed by atoms with Crippen molar-refractivity contribution < 1.29 is 14.3 Å². The van der Waals surface area contributed by atoms with Gasteiger partial charge in [-0.15, -0.1) is 0 Å². The van der Waals surface area contributed by atoms with E-state index in [1.54, 1.807) is 11.9 Å². The zero-order valence-corrected chi connectivity index (χ0v) is 12.8. The molecule has 0 saturated carbocycles. The number of carbonyl (C=O) groups excluding carboxylic acids is 2. The molecule has 0 fully saturated rings. The van der Waals surface area contributed by atoms with Gasteiger partial charge in [-0.25, -0.2) is 0 Å². The van der Waals surface area contributed by atoms with Gasteiger partial charge in [0.25, 0.3) is 0 Å². The van der Waals surface area contributed by atoms with E-state index in [9.17, 15) is 9.59 Å². The predicted molar refractivity (Wildman–Crippen MR) is 72.2 cm³/mol. The second kappa shape index (κ2) is 6.21. The Morgan fingerprint density at radius 2 is 1.50 bits per heavy atom. The summed E-state index contributed by atoms with van der Waals surface area (Å²) in [6.07, 6.45) is 0.353. The van der Waals surface area contributed by atoms with Crippen molar-refractivity contribution in [3.05, 3.63) is 0 Å². The fraction of sp³-hybridized carbons (Fsp3) is 0.857. The number of hydrogen-bond acceptors (Lipinski definition) is 3. The molecule has 106 valence electrons. The maximum Gasteiger partial charge on any atom is 0.306 e. The molecule has 0 saturated heterocycles. The fourth-order valence-corrected chi connectivity index (χ4v) is 1.59. The molecule has 0 bridgehead atoms. The number of carbonyl (C=O) groups is 2. The number of amides is 1. The Morgan fingerprint density at radius 3 is 1.89 bits per heavy atom. The molecule has 0 N–H and O–H groups in total. The van der Waals surface area contributed by atoms with Gasteiger partial charge in [0.05, 0.1) is 6.42 Å². The van der Waals surface area contributed by atoms with Crippen LogP contribution >= 0.6 is 0 Å². The highest BCUT2D eigenvalue weighted by atomic mass is 16.6. The molecule has 0 aliphatic heterocycles. The lowest BCUT2D eigenvalue weighted by atomic mass is 9.96. The predicted octanol–water partition coefficient (Wildman–Crippen LogP) is 2.61. The van der Waals surface area contributed by atoms with Crippen LogP contribution in [0.15, 0.2) is 0 Å². The van der Waals surface area contributed by atoms with Crippen LogP contribution < -0.4 is 0 Å². The summed E-state index contributed by atoms with van der Waals surface area (Å²) in [5.41, 5.74) is -0.423. The third-order valence-corrected chi connectivity index (χ3v) is 2.10. The molecule has 4 nitrogen and oxygen atoms in total. The van der Waals surface area contributed by atoms with E-state index in [0.717, 1.165) is 0 Å². The molecule has 0 rings (SSSR count). The molecule has 0 aromatic carbocycles. The van der Waals surface area contributed by atoms with Crippen molar-refractivity contribution in [2.45, 2.75) is 60.0 Å². The van der Waals surface area contributed by atoms with Gasteiger partial charge in [-0.3, -0.25) is 9.59 Å². The first-order valence-electron chi connectivity index (χ1n) is 6.36. The van der Waals surface area contributed by atoms with Crippen molar-refractivity contribution in [2.75, 3.05) is 13.6 Å². The Hall–Kier alpha value is -1.06. The maximum absolute atomic E-state index is 11.8. The van der Waals surface area contributed by atoms with Gasteiger partial charge in [0.2, 0.25) is 5.91 Å². The van der Waals surface area contributed by atoms with Crippen LogP contribution in [0.25, 0.3) is 0 Å². The normalized spacial score (nSPS) is 12.2. The zero-order chi connectivity index (χ0) is 14.6. The van der Waals surface area contributed by atoms with Gasteiger partial charge < -0.3 is 9.64 Å². The summed E-state index contributed by atoms with van der Waals surface area (Å²) < 4.78 is 5.16. The molecule has 1 amide bonds. The van der Waals surface area contributed by atoms with Gasteiger partial charge in [0, 0.05) is 20.0 Å². The lowest BCUT2D eigenvalue weighted by molar-refractivity contribution is -0.156. The quantitative estimate of drug-likeness (QED) is 0.727. The van der Waals surface area contributed by atoms with Gasteiger partial charge in [-0.05, 0) is 26.2 Å². The lowest BCUT2D eigenvalue weighted by Gasteiger charge is -2.26. The van der Waals surface area contributed by atoms with Crippen LogP contribution in [0.1, 0.15) is 54.4 Å². The average molecular weight is 257 g/mol. The number of hydrogen-bond donors (Lipinski definition) is 0. The summed E-state index contributed by atoms with van der Waals surface area (Å²) in [5, 5.41) is 0. The third kappa shape index (κ3) is 9.02. The highest BCUT2D eigenvalue weighted by molar-refractivity contribution is 5.81. The molecule has 0 spiro atoms. The molecular weight excluding hydrogens is 230 g/mol. The molecule has 0 aliphatic rings. The van der Waals surface area contributed by atoms with Gasteiger partial charge in [-0.2, -0.15) is 0 Å². The van der Waals surface area contributed by atoms with Crippen LogP contribution in [0.2, 0.25) is 0 Å². The van der Waals surface area contributed by atoms with Crippen molar-refractivity contribution in [1.82, 2.24) is 4.90 Å². The van der Waals surface area contributed by atoms with Crippen molar-refractivity contribution in [3.63, 3.8) is 0 Å². The molecule has 0 atom stereocenters. The minimum absolute atomic E-state index is 0.0178. The van der Waals surface area contributed by atoms with Crippen LogP contribution in [-0.4, -0.2) is 36.0 Å². The van der Waals surface area contributed by atoms with Gasteiger partial charge in [0.15, 0.2) is 0 Å². The number of nitrogens with zero attached hydrogens (tertiary/aromatic N) is 1. The van der Waals surface area contributed by atoms with Crippen molar-refractivity contribution in [3.8, 4) is 0 Å². The van der Waals surface area contributed by atoms with Crippen molar-refractivity contribution >= 4 is 11.9 Å². The Morgan fingerprint density at radius 1 is 1.00 bits per heavy atom. The fourth-order valence-electron chi connectivity index (χ4n) is 1.59. The molecule has 4 heteroatoms. The molecule has 0 radical (unpaired) electrons. The van der Waals surface area contributed by atoms with Crippen molar-refractivity contribution in [1.29, 1.82) is 0 Å². The van der Waals surface area contributed by atoms with E-state index in [1.165, 1.54) is 0 Å². The van der Waals surface area contributed by atoms with Crippen LogP contribution in [0.4, 0.5) is 0 Å². The summed E-state index contributed by atoms with van der Waals surface area (Å²) in [4.78, 5) is 25.0. The van der Waals surface area contributed by atoms with Crippen LogP contribution in [0.5, 0.6) is 0 Å². The molecule has 18 heavy (non-hydrogen) atoms. The minimum atomic E-state index is -0.489. The van der Waals surface area contributed by atoms with E-state index in [-0.39, 0.29) is 30.1 Å². The monoisotopic (exact) mass is 257 g/mol. The van der Waals surface area contributed by atoms with E-state index in [4.69, 9.17) is 4.74 Å². The summed E-state index contributed by atoms with van der Waals surface area (Å²) in [6.45, 7) is 12.4. The van der Waals surface area contributed by atoms with Crippen LogP contribution in [-0.2, 0) is 14.3 Å². The summed E-state index contributed by atoms with van der Waals surface area (Å²) in [7, 11) is 1.77. The largest absolute Gasteiger partial charge is 0.460 e. The van der Waals surface area contributed by atoms with E-state index in [0.29, 0.717) is 6.54 Å². The first-order valence-corrected chi connectivity index (χ1v) is 6.36. The first kappa shape index (κ1) is 16.9. The molecule has 0 aromatic heterocycles. The summed E-state index contributed by atoms with van der Waals surface area (Å²) >= 11 is 0. The highest BCUT2D eigenvalue weighted by Gasteiger charge is 2.20. The summed E-state index contributed by atoms with van der Waals surface area (Å²) in [5.74, 6) is -0.337. The number of ether oxygens (including phenoxy) is 1. The molecule has 0 unspecified atom stereocenters. The second-order valence-electron chi connectivity index (χ2n) is 6.90. The lowest BCUT2D eigenvalue weighted by Crippen LogP contribution is -2.35. The Balaban J connectivity index is 4.07. The third-order valence-electron chi connectivity index (χ3n) is 2.10. The molecule has 0 aliphatic carbocycles. The molecular formula is C14H27NO3. The molecule has 0 heterocycles. The van der Waals surface area contributed by atoms with Gasteiger partial charge in [-0.1, -0.05) is 20.8 Å². The second-order valence-corrected chi connectivity index (χ2v) is 6.90. The Labute approximate surface area is 111 Å². The van der Waals surface area contributed by atoms with Gasteiger partial charge >= 0.3 is 5.97 Å². The maximum atomic E-state index is 11.8. The van der Waals surface area contributed by atoms with E-state index in [2.05, 4.69) is 20.8 Å². The van der Waals surface area contributed by atoms with E-state index < -0.39 is 5.60 Å². The van der Waals surface area contributed by atoms with E-state index in [1.807, 2.05) is 20.8 Å². The Kier molecular flexibility index (Phi) is 5.84. The topological polar surface area (TPSA) is 46.6 Å². The standard InChI is InChI=1S/C14H27NO3/c1-13(2,3)10-15(7)11(16)8-9-12(17)18-14(4,5)6/h8-10H2,1-7H3. The molecule has 0 aromatic rings. The van der Waals surface area contributed by atoms with Gasteiger partial charge in [0.1, 0.15) is 5.60 Å². The van der Waals surface area contributed by atoms with Crippen LogP contribution in [0, 0.1) is 5.41 Å². The summed E-state index contributed by atoms with van der Waals surface area (Å²) in [6, 6.07) is 0. The smallest absolute Gasteiger partial charge is 0.306 e. The number of rotatable bonds is 4. The average Bonchev–Trinajstić information content (AvgIpc) is 2.08. The number of esters is 1. The first-order chi connectivity index (χ1) is 7.91. The van der Waals surface area contributed by atoms with E-state index >= 15 is 0 Å². The Bertz CT molecular complexity index is 297. The SMILES string of the molecule is CN(CC(C)(C)C)C(=O)CCC(=O)OC(C)(C)C. The van der Waals surface area contributed by atoms with Crippen LogP contribution in [0.3, 0.4) is 0 Å². The minimum Gasteiger partial charge on any atom is -0.460 e. The zero-order valence-electron chi connectivity index (χ0n) is 12.8. The van der Waals surface area contributed by atoms with Crippen molar-refractivity contribution in [2.24, 2.45) is 5.41 Å².